The first-order chi connectivity index (χ1) is 14.3. The Labute approximate surface area is 182 Å². The van der Waals surface area contributed by atoms with Crippen LogP contribution in [0.5, 0.6) is 0 Å². The van der Waals surface area contributed by atoms with Crippen molar-refractivity contribution in [1.29, 1.82) is 0 Å². The Bertz CT molecular complexity index is 1130. The molecule has 0 radical (unpaired) electrons. The molecule has 0 unspecified atom stereocenters. The lowest BCUT2D eigenvalue weighted by atomic mass is 10.1. The Kier molecular flexibility index (Phi) is 6.47. The molecule has 0 atom stereocenters. The lowest BCUT2D eigenvalue weighted by Crippen LogP contribution is -2.19. The number of hydrazone groups is 1. The third kappa shape index (κ3) is 4.83. The molecule has 0 saturated carbocycles. The number of amides is 1. The standard InChI is InChI=1S/C22H21BrN4O3/c1-14-4-9-20(27(29)30)12-21(14)26-15(2)10-18(16(26)3)13-24-25-22(28)11-17-5-7-19(23)8-6-17/h4-10,12-13H,11H2,1-3H3,(H,25,28)/b24-13+. The van der Waals surface area contributed by atoms with Gasteiger partial charge < -0.3 is 4.57 Å². The van der Waals surface area contributed by atoms with Crippen LogP contribution in [0.25, 0.3) is 5.69 Å². The Balaban J connectivity index is 1.77. The number of benzene rings is 2. The Morgan fingerprint density at radius 2 is 1.87 bits per heavy atom. The molecule has 30 heavy (non-hydrogen) atoms. The highest BCUT2D eigenvalue weighted by Gasteiger charge is 2.15. The van der Waals surface area contributed by atoms with Gasteiger partial charge in [0.25, 0.3) is 5.69 Å². The summed E-state index contributed by atoms with van der Waals surface area (Å²) in [5.41, 5.74) is 7.77. The number of hydrogen-bond donors (Lipinski definition) is 1. The van der Waals surface area contributed by atoms with Crippen LogP contribution in [-0.4, -0.2) is 21.6 Å². The van der Waals surface area contributed by atoms with Crippen LogP contribution in [0.4, 0.5) is 5.69 Å². The van der Waals surface area contributed by atoms with E-state index >= 15 is 0 Å². The normalized spacial score (nSPS) is 11.1. The molecule has 0 aliphatic carbocycles. The molecule has 1 heterocycles. The zero-order valence-electron chi connectivity index (χ0n) is 16.8. The summed E-state index contributed by atoms with van der Waals surface area (Å²) in [5.74, 6) is -0.211. The van der Waals surface area contributed by atoms with Crippen LogP contribution >= 0.6 is 15.9 Å². The average Bonchev–Trinajstić information content (AvgIpc) is 2.97. The minimum absolute atomic E-state index is 0.0403. The van der Waals surface area contributed by atoms with Crippen LogP contribution < -0.4 is 5.43 Å². The molecule has 0 fully saturated rings. The van der Waals surface area contributed by atoms with Crippen molar-refractivity contribution in [3.05, 3.63) is 91.2 Å². The van der Waals surface area contributed by atoms with Crippen molar-refractivity contribution in [2.24, 2.45) is 5.10 Å². The molecule has 1 amide bonds. The quantitative estimate of drug-likeness (QED) is 0.321. The fourth-order valence-electron chi connectivity index (χ4n) is 3.24. The van der Waals surface area contributed by atoms with E-state index in [0.717, 1.165) is 38.2 Å². The number of nitrogens with zero attached hydrogens (tertiary/aromatic N) is 3. The van der Waals surface area contributed by atoms with E-state index in [4.69, 9.17) is 0 Å². The van der Waals surface area contributed by atoms with Gasteiger partial charge in [0.2, 0.25) is 5.91 Å². The van der Waals surface area contributed by atoms with Crippen molar-refractivity contribution in [2.75, 3.05) is 0 Å². The molecule has 8 heteroatoms. The van der Waals surface area contributed by atoms with Crippen molar-refractivity contribution in [1.82, 2.24) is 9.99 Å². The number of nitro groups is 1. The van der Waals surface area contributed by atoms with Crippen molar-refractivity contribution < 1.29 is 9.72 Å². The van der Waals surface area contributed by atoms with Gasteiger partial charge in [-0.15, -0.1) is 0 Å². The number of aryl methyl sites for hydroxylation is 2. The second-order valence-corrected chi connectivity index (χ2v) is 7.90. The summed E-state index contributed by atoms with van der Waals surface area (Å²) in [4.78, 5) is 22.9. The molecule has 0 bridgehead atoms. The summed E-state index contributed by atoms with van der Waals surface area (Å²) in [5, 5.41) is 15.2. The number of aromatic nitrogens is 1. The number of non-ortho nitro benzene ring substituents is 1. The van der Waals surface area contributed by atoms with Gasteiger partial charge in [0.05, 0.1) is 23.2 Å². The molecule has 154 valence electrons. The van der Waals surface area contributed by atoms with Gasteiger partial charge >= 0.3 is 0 Å². The number of nitrogens with one attached hydrogen (secondary N) is 1. The molecule has 3 aromatic rings. The smallest absolute Gasteiger partial charge is 0.271 e. The maximum absolute atomic E-state index is 12.1. The number of carbonyl (C=O) groups excluding carboxylic acids is 1. The minimum atomic E-state index is -0.402. The molecule has 0 aliphatic rings. The second kappa shape index (κ2) is 9.04. The molecule has 2 aromatic carbocycles. The number of hydrogen-bond acceptors (Lipinski definition) is 4. The summed E-state index contributed by atoms with van der Waals surface area (Å²) >= 11 is 3.37. The van der Waals surface area contributed by atoms with E-state index in [1.54, 1.807) is 18.3 Å². The summed E-state index contributed by atoms with van der Waals surface area (Å²) < 4.78 is 2.91. The average molecular weight is 469 g/mol. The van der Waals surface area contributed by atoms with Gasteiger partial charge in [-0.3, -0.25) is 14.9 Å². The maximum Gasteiger partial charge on any atom is 0.271 e. The molecule has 1 aromatic heterocycles. The van der Waals surface area contributed by atoms with E-state index in [9.17, 15) is 14.9 Å². The number of nitro benzene ring substituents is 1. The molecule has 3 rings (SSSR count). The first kappa shape index (κ1) is 21.4. The maximum atomic E-state index is 12.1. The molecule has 0 spiro atoms. The molecule has 0 saturated heterocycles. The molecular weight excluding hydrogens is 448 g/mol. The van der Waals surface area contributed by atoms with Crippen LogP contribution in [0.1, 0.15) is 28.1 Å². The lowest BCUT2D eigenvalue weighted by molar-refractivity contribution is -0.384. The van der Waals surface area contributed by atoms with Crippen molar-refractivity contribution in [3.63, 3.8) is 0 Å². The van der Waals surface area contributed by atoms with Gasteiger partial charge in [-0.25, -0.2) is 5.43 Å². The van der Waals surface area contributed by atoms with Gasteiger partial charge in [0, 0.05) is 33.6 Å². The van der Waals surface area contributed by atoms with Crippen molar-refractivity contribution in [3.8, 4) is 5.69 Å². The SMILES string of the molecule is Cc1ccc([N+](=O)[O-])cc1-n1c(C)cc(/C=N/NC(=O)Cc2ccc(Br)cc2)c1C. The van der Waals surface area contributed by atoms with Gasteiger partial charge in [-0.05, 0) is 50.1 Å². The summed E-state index contributed by atoms with van der Waals surface area (Å²) in [7, 11) is 0. The lowest BCUT2D eigenvalue weighted by Gasteiger charge is -2.12. The number of halogens is 1. The third-order valence-electron chi connectivity index (χ3n) is 4.79. The van der Waals surface area contributed by atoms with Crippen LogP contribution in [0, 0.1) is 30.9 Å². The van der Waals surface area contributed by atoms with Gasteiger partial charge in [0.15, 0.2) is 0 Å². The first-order valence-electron chi connectivity index (χ1n) is 9.27. The van der Waals surface area contributed by atoms with Crippen LogP contribution in [0.3, 0.4) is 0 Å². The van der Waals surface area contributed by atoms with Gasteiger partial charge in [-0.1, -0.05) is 34.1 Å². The fraction of sp³-hybridized carbons (Fsp3) is 0.182. The highest BCUT2D eigenvalue weighted by molar-refractivity contribution is 9.10. The van der Waals surface area contributed by atoms with Gasteiger partial charge in [0.1, 0.15) is 0 Å². The minimum Gasteiger partial charge on any atom is -0.317 e. The fourth-order valence-corrected chi connectivity index (χ4v) is 3.51. The van der Waals surface area contributed by atoms with E-state index in [1.165, 1.54) is 6.07 Å². The van der Waals surface area contributed by atoms with Crippen molar-refractivity contribution in [2.45, 2.75) is 27.2 Å². The van der Waals surface area contributed by atoms with E-state index in [1.807, 2.05) is 55.7 Å². The molecule has 1 N–H and O–H groups in total. The Hall–Kier alpha value is -3.26. The van der Waals surface area contributed by atoms with Gasteiger partial charge in [-0.2, -0.15) is 5.10 Å². The Morgan fingerprint density at radius 3 is 2.53 bits per heavy atom. The molecule has 7 nitrogen and oxygen atoms in total. The van der Waals surface area contributed by atoms with Crippen LogP contribution in [0.2, 0.25) is 0 Å². The molecular formula is C22H21BrN4O3. The predicted octanol–water partition coefficient (Wildman–Crippen LogP) is 4.77. The van der Waals surface area contributed by atoms with E-state index in [0.29, 0.717) is 0 Å². The van der Waals surface area contributed by atoms with E-state index < -0.39 is 4.92 Å². The number of carbonyl (C=O) groups is 1. The molecule has 0 aliphatic heterocycles. The zero-order chi connectivity index (χ0) is 21.8. The summed E-state index contributed by atoms with van der Waals surface area (Å²) in [6, 6.07) is 14.3. The number of rotatable bonds is 6. The van der Waals surface area contributed by atoms with E-state index in [2.05, 4.69) is 26.5 Å². The second-order valence-electron chi connectivity index (χ2n) is 6.99. The highest BCUT2D eigenvalue weighted by Crippen LogP contribution is 2.26. The van der Waals surface area contributed by atoms with Crippen LogP contribution in [0.15, 0.2) is 58.1 Å². The summed E-state index contributed by atoms with van der Waals surface area (Å²) in [6.07, 6.45) is 1.82. The largest absolute Gasteiger partial charge is 0.317 e. The zero-order valence-corrected chi connectivity index (χ0v) is 18.4. The monoisotopic (exact) mass is 468 g/mol. The van der Waals surface area contributed by atoms with Crippen LogP contribution in [-0.2, 0) is 11.2 Å². The highest BCUT2D eigenvalue weighted by atomic mass is 79.9. The third-order valence-corrected chi connectivity index (χ3v) is 5.31. The Morgan fingerprint density at radius 1 is 1.17 bits per heavy atom. The summed E-state index contributed by atoms with van der Waals surface area (Å²) in [6.45, 7) is 5.75. The van der Waals surface area contributed by atoms with Crippen molar-refractivity contribution >= 4 is 33.7 Å². The predicted molar refractivity (Wildman–Crippen MR) is 120 cm³/mol. The first-order valence-corrected chi connectivity index (χ1v) is 10.1. The van der Waals surface area contributed by atoms with E-state index in [-0.39, 0.29) is 18.0 Å². The topological polar surface area (TPSA) is 89.5 Å².